The van der Waals surface area contributed by atoms with E-state index in [9.17, 15) is 28.4 Å². The first-order chi connectivity index (χ1) is 14.7. The van der Waals surface area contributed by atoms with E-state index in [1.165, 1.54) is 12.8 Å². The van der Waals surface area contributed by atoms with Gasteiger partial charge in [0.25, 0.3) is 0 Å². The van der Waals surface area contributed by atoms with Crippen molar-refractivity contribution in [1.82, 2.24) is 10.00 Å². The number of nitrogens with zero attached hydrogens (tertiary/aromatic N) is 4. The Labute approximate surface area is 174 Å². The van der Waals surface area contributed by atoms with E-state index in [-0.39, 0.29) is 40.1 Å². The number of carbonyl (C=O) groups excluding carboxylic acids is 1. The van der Waals surface area contributed by atoms with E-state index < -0.39 is 23.6 Å². The number of rotatable bonds is 7. The third-order valence-corrected chi connectivity index (χ3v) is 5.13. The van der Waals surface area contributed by atoms with Crippen molar-refractivity contribution in [3.8, 4) is 5.75 Å². The number of halogens is 3. The van der Waals surface area contributed by atoms with Gasteiger partial charge in [0.1, 0.15) is 11.9 Å². The van der Waals surface area contributed by atoms with Gasteiger partial charge in [-0.15, -0.1) is 13.2 Å². The first-order valence-electron chi connectivity index (χ1n) is 9.80. The second-order valence-electron chi connectivity index (χ2n) is 7.49. The first-order valence-corrected chi connectivity index (χ1v) is 9.80. The highest BCUT2D eigenvalue weighted by molar-refractivity contribution is 5.71. The van der Waals surface area contributed by atoms with Crippen molar-refractivity contribution < 1.29 is 37.0 Å². The Hall–Kier alpha value is -3.09. The fourth-order valence-corrected chi connectivity index (χ4v) is 3.57. The maximum absolute atomic E-state index is 12.4. The van der Waals surface area contributed by atoms with Gasteiger partial charge in [-0.05, 0) is 31.4 Å². The molecule has 2 aliphatic rings. The number of aromatic nitrogens is 3. The number of esters is 1. The number of benzene rings is 1. The molecule has 2 aromatic rings. The summed E-state index contributed by atoms with van der Waals surface area (Å²) in [5, 5.41) is 30.5. The molecule has 2 heterocycles. The molecule has 4 rings (SSSR count). The monoisotopic (exact) mass is 443 g/mol. The molecule has 0 spiro atoms. The molecule has 2 fully saturated rings. The Balaban J connectivity index is 1.34. The second kappa shape index (κ2) is 8.21. The number of anilines is 1. The van der Waals surface area contributed by atoms with Gasteiger partial charge in [-0.25, -0.2) is 4.73 Å². The lowest BCUT2D eigenvalue weighted by molar-refractivity contribution is -0.672. The van der Waals surface area contributed by atoms with Crippen LogP contribution in [0.2, 0.25) is 0 Å². The minimum Gasteiger partial charge on any atom is -0.739 e. The number of likely N-dealkylation sites (tertiary alicyclic amines) is 1. The van der Waals surface area contributed by atoms with Crippen molar-refractivity contribution in [1.29, 1.82) is 0 Å². The summed E-state index contributed by atoms with van der Waals surface area (Å²) in [5.41, 5.74) is -0.612. The van der Waals surface area contributed by atoms with Gasteiger partial charge >= 0.3 is 23.8 Å². The minimum absolute atomic E-state index is 0.00604. The number of ether oxygens (including phenoxy) is 2. The number of nitrogens with one attached hydrogen (secondary N) is 1. The molecule has 0 amide bonds. The van der Waals surface area contributed by atoms with Crippen molar-refractivity contribution in [2.45, 2.75) is 44.2 Å². The normalized spacial score (nSPS) is 19.5. The molecule has 10 nitrogen and oxygen atoms in total. The van der Waals surface area contributed by atoms with E-state index in [1.807, 2.05) is 0 Å². The van der Waals surface area contributed by atoms with E-state index in [2.05, 4.69) is 20.1 Å². The maximum atomic E-state index is 12.4. The summed E-state index contributed by atoms with van der Waals surface area (Å²) in [4.78, 5) is 14.4. The molecular weight excluding hydrogens is 423 g/mol. The van der Waals surface area contributed by atoms with Crippen LogP contribution < -0.4 is 19.6 Å². The van der Waals surface area contributed by atoms with Crippen LogP contribution in [-0.2, 0) is 9.53 Å². The molecule has 1 aromatic heterocycles. The van der Waals surface area contributed by atoms with Crippen LogP contribution in [0.4, 0.5) is 19.1 Å². The van der Waals surface area contributed by atoms with E-state index in [1.54, 1.807) is 0 Å². The second-order valence-corrected chi connectivity index (χ2v) is 7.49. The molecule has 1 N–H and O–H groups in total. The van der Waals surface area contributed by atoms with Crippen molar-refractivity contribution in [3.05, 3.63) is 28.6 Å². The van der Waals surface area contributed by atoms with Gasteiger partial charge in [-0.2, -0.15) is 0 Å². The smallest absolute Gasteiger partial charge is 0.573 e. The highest BCUT2D eigenvalue weighted by atomic mass is 19.4. The maximum Gasteiger partial charge on any atom is 0.573 e. The largest absolute Gasteiger partial charge is 0.739 e. The van der Waals surface area contributed by atoms with Gasteiger partial charge in [0.05, 0.1) is 19.0 Å². The zero-order valence-corrected chi connectivity index (χ0v) is 16.3. The SMILES string of the molecule is O=C(CCNc1n[n+]([O-])c2cc(OC(F)(F)F)ccc2[n+]1[O-])OC1CCN(C2CC2)C1. The number of fused-ring (bicyclic) bond motifs is 1. The van der Waals surface area contributed by atoms with E-state index in [0.29, 0.717) is 6.04 Å². The van der Waals surface area contributed by atoms with Gasteiger partial charge in [0.2, 0.25) is 5.10 Å². The molecule has 1 aliphatic heterocycles. The molecule has 1 saturated carbocycles. The Morgan fingerprint density at radius 2 is 2.03 bits per heavy atom. The summed E-state index contributed by atoms with van der Waals surface area (Å²) >= 11 is 0. The van der Waals surface area contributed by atoms with Crippen LogP contribution in [0, 0.1) is 10.4 Å². The molecule has 13 heteroatoms. The summed E-state index contributed by atoms with van der Waals surface area (Å²) in [5.74, 6) is -1.47. The first kappa shape index (κ1) is 21.2. The van der Waals surface area contributed by atoms with Gasteiger partial charge in [-0.1, -0.05) is 0 Å². The highest BCUT2D eigenvalue weighted by Crippen LogP contribution is 2.30. The summed E-state index contributed by atoms with van der Waals surface area (Å²) in [6, 6.07) is 3.32. The zero-order chi connectivity index (χ0) is 22.2. The van der Waals surface area contributed by atoms with Crippen LogP contribution in [0.1, 0.15) is 25.7 Å². The van der Waals surface area contributed by atoms with E-state index in [0.717, 1.165) is 37.7 Å². The van der Waals surface area contributed by atoms with Gasteiger partial charge in [-0.3, -0.25) is 15.0 Å². The molecule has 0 bridgehead atoms. The summed E-state index contributed by atoms with van der Waals surface area (Å²) in [6.45, 7) is 1.64. The van der Waals surface area contributed by atoms with Crippen molar-refractivity contribution in [2.24, 2.45) is 0 Å². The molecular formula is C18H20F3N5O5. The molecule has 1 atom stereocenters. The van der Waals surface area contributed by atoms with Crippen molar-refractivity contribution in [2.75, 3.05) is 25.0 Å². The van der Waals surface area contributed by atoms with Crippen LogP contribution in [0.25, 0.3) is 11.0 Å². The van der Waals surface area contributed by atoms with Gasteiger partial charge < -0.3 is 19.9 Å². The molecule has 1 aromatic carbocycles. The van der Waals surface area contributed by atoms with Crippen LogP contribution in [0.5, 0.6) is 5.75 Å². The predicted octanol–water partition coefficient (Wildman–Crippen LogP) is 0.982. The van der Waals surface area contributed by atoms with Crippen LogP contribution in [0.15, 0.2) is 18.2 Å². The minimum atomic E-state index is -4.94. The number of alkyl halides is 3. The van der Waals surface area contributed by atoms with Gasteiger partial charge in [0.15, 0.2) is 5.52 Å². The lowest BCUT2D eigenvalue weighted by atomic mass is 10.3. The fraction of sp³-hybridized carbons (Fsp3) is 0.556. The molecule has 168 valence electrons. The molecule has 1 unspecified atom stereocenters. The average molecular weight is 443 g/mol. The quantitative estimate of drug-likeness (QED) is 0.382. The van der Waals surface area contributed by atoms with Crippen molar-refractivity contribution in [3.63, 3.8) is 0 Å². The summed E-state index contributed by atoms with van der Waals surface area (Å²) in [7, 11) is 0. The van der Waals surface area contributed by atoms with Crippen LogP contribution in [-0.4, -0.2) is 54.1 Å². The standard InChI is InChI=1S/C18H20F3N5O5/c19-18(20,21)31-12-3-4-14-15(9-12)26(29)23-17(25(14)28)22-7-5-16(27)30-13-6-8-24(10-13)11-1-2-11/h3-4,9,11,13H,1-2,5-8,10H2,(H,22,23). The van der Waals surface area contributed by atoms with Crippen LogP contribution >= 0.6 is 0 Å². The molecule has 0 radical (unpaired) electrons. The predicted molar refractivity (Wildman–Crippen MR) is 98.5 cm³/mol. The van der Waals surface area contributed by atoms with E-state index in [4.69, 9.17) is 4.74 Å². The Morgan fingerprint density at radius 3 is 2.74 bits per heavy atom. The van der Waals surface area contributed by atoms with E-state index >= 15 is 0 Å². The molecule has 31 heavy (non-hydrogen) atoms. The Morgan fingerprint density at radius 1 is 1.26 bits per heavy atom. The summed E-state index contributed by atoms with van der Waals surface area (Å²) in [6.07, 6.45) is -1.96. The Bertz CT molecular complexity index is 985. The topological polar surface area (TPSA) is 118 Å². The lowest BCUT2D eigenvalue weighted by Gasteiger charge is -2.15. The highest BCUT2D eigenvalue weighted by Gasteiger charge is 2.36. The Kier molecular flexibility index (Phi) is 5.60. The third kappa shape index (κ3) is 5.16. The third-order valence-electron chi connectivity index (χ3n) is 5.13. The van der Waals surface area contributed by atoms with Crippen LogP contribution in [0.3, 0.4) is 0 Å². The zero-order valence-electron chi connectivity index (χ0n) is 16.3. The summed E-state index contributed by atoms with van der Waals surface area (Å²) < 4.78 is 46.4. The number of hydrogen-bond donors (Lipinski definition) is 1. The van der Waals surface area contributed by atoms with Crippen molar-refractivity contribution >= 4 is 23.0 Å². The molecule has 1 aliphatic carbocycles. The lowest BCUT2D eigenvalue weighted by Crippen LogP contribution is -2.44. The molecule has 1 saturated heterocycles. The average Bonchev–Trinajstić information content (AvgIpc) is 3.44. The fourth-order valence-electron chi connectivity index (χ4n) is 3.57. The number of carbonyl (C=O) groups is 1. The number of hydrogen-bond acceptors (Lipinski definition) is 8. The van der Waals surface area contributed by atoms with Gasteiger partial charge in [0, 0.05) is 24.0 Å².